The molecule has 1 heterocycles. The normalized spacial score (nSPS) is 15.0. The minimum Gasteiger partial charge on any atom is -0.366 e. The van der Waals surface area contributed by atoms with Gasteiger partial charge in [0.1, 0.15) is 0 Å². The zero-order valence-corrected chi connectivity index (χ0v) is 13.2. The fourth-order valence-corrected chi connectivity index (χ4v) is 2.82. The maximum atomic E-state index is 5.88. The second-order valence-corrected chi connectivity index (χ2v) is 6.03. The maximum absolute atomic E-state index is 5.88. The van der Waals surface area contributed by atoms with Gasteiger partial charge in [-0.1, -0.05) is 36.6 Å². The number of nitrogens with zero attached hydrogens (tertiary/aromatic N) is 3. The Morgan fingerprint density at radius 1 is 1.14 bits per heavy atom. The molecule has 0 unspecified atom stereocenters. The van der Waals surface area contributed by atoms with Gasteiger partial charge in [0, 0.05) is 17.6 Å². The van der Waals surface area contributed by atoms with E-state index in [1.165, 1.54) is 31.2 Å². The van der Waals surface area contributed by atoms with E-state index in [9.17, 15) is 0 Å². The van der Waals surface area contributed by atoms with Crippen LogP contribution in [0.5, 0.6) is 0 Å². The first-order chi connectivity index (χ1) is 10.8. The van der Waals surface area contributed by atoms with E-state index in [1.807, 2.05) is 24.3 Å². The average molecular weight is 318 g/mol. The van der Waals surface area contributed by atoms with Crippen LogP contribution in [0.4, 0.5) is 11.8 Å². The molecule has 2 aromatic rings. The SMILES string of the molecule is Clc1ccc(CCNc2nncc(NC3CCCC3)n2)cc1. The van der Waals surface area contributed by atoms with Gasteiger partial charge in [-0.3, -0.25) is 0 Å². The van der Waals surface area contributed by atoms with Crippen LogP contribution in [0.15, 0.2) is 30.5 Å². The molecule has 1 fully saturated rings. The minimum atomic E-state index is 0.526. The van der Waals surface area contributed by atoms with E-state index < -0.39 is 0 Å². The van der Waals surface area contributed by atoms with Crippen molar-refractivity contribution in [3.05, 3.63) is 41.0 Å². The Hall–Kier alpha value is -1.88. The fourth-order valence-electron chi connectivity index (χ4n) is 2.70. The maximum Gasteiger partial charge on any atom is 0.244 e. The highest BCUT2D eigenvalue weighted by molar-refractivity contribution is 6.30. The van der Waals surface area contributed by atoms with Crippen LogP contribution in [-0.4, -0.2) is 27.8 Å². The topological polar surface area (TPSA) is 62.7 Å². The van der Waals surface area contributed by atoms with Crippen molar-refractivity contribution in [3.63, 3.8) is 0 Å². The summed E-state index contributed by atoms with van der Waals surface area (Å²) in [6.45, 7) is 0.760. The quantitative estimate of drug-likeness (QED) is 0.853. The summed E-state index contributed by atoms with van der Waals surface area (Å²) in [5, 5.41) is 15.4. The molecule has 0 saturated heterocycles. The second kappa shape index (κ2) is 7.40. The van der Waals surface area contributed by atoms with Crippen LogP contribution >= 0.6 is 11.6 Å². The van der Waals surface area contributed by atoms with Gasteiger partial charge in [0.05, 0.1) is 6.20 Å². The van der Waals surface area contributed by atoms with Gasteiger partial charge in [-0.2, -0.15) is 10.1 Å². The number of halogens is 1. The molecule has 0 radical (unpaired) electrons. The summed E-state index contributed by atoms with van der Waals surface area (Å²) in [4.78, 5) is 4.46. The molecule has 3 rings (SSSR count). The second-order valence-electron chi connectivity index (χ2n) is 5.59. The van der Waals surface area contributed by atoms with E-state index in [1.54, 1.807) is 6.20 Å². The van der Waals surface area contributed by atoms with E-state index in [-0.39, 0.29) is 0 Å². The third kappa shape index (κ3) is 4.31. The summed E-state index contributed by atoms with van der Waals surface area (Å²) in [6, 6.07) is 8.39. The van der Waals surface area contributed by atoms with Gasteiger partial charge < -0.3 is 10.6 Å². The zero-order valence-electron chi connectivity index (χ0n) is 12.4. The molecule has 22 heavy (non-hydrogen) atoms. The molecule has 1 aromatic carbocycles. The molecule has 6 heteroatoms. The van der Waals surface area contributed by atoms with Crippen molar-refractivity contribution >= 4 is 23.4 Å². The number of hydrogen-bond donors (Lipinski definition) is 2. The summed E-state index contributed by atoms with van der Waals surface area (Å²) in [6.07, 6.45) is 7.58. The molecule has 116 valence electrons. The van der Waals surface area contributed by atoms with Crippen molar-refractivity contribution < 1.29 is 0 Å². The summed E-state index contributed by atoms with van der Waals surface area (Å²) in [7, 11) is 0. The van der Waals surface area contributed by atoms with Gasteiger partial charge in [-0.05, 0) is 37.0 Å². The van der Waals surface area contributed by atoms with E-state index >= 15 is 0 Å². The standard InChI is InChI=1S/C16H20ClN5/c17-13-7-5-12(6-8-13)9-10-18-16-21-15(11-19-22-16)20-14-3-1-2-4-14/h5-8,11,14H,1-4,9-10H2,(H2,18,20,21,22). The number of hydrogen-bond acceptors (Lipinski definition) is 5. The molecule has 1 aliphatic carbocycles. The van der Waals surface area contributed by atoms with Gasteiger partial charge in [-0.15, -0.1) is 5.10 Å². The lowest BCUT2D eigenvalue weighted by atomic mass is 10.1. The molecule has 2 N–H and O–H groups in total. The Morgan fingerprint density at radius 2 is 1.91 bits per heavy atom. The lowest BCUT2D eigenvalue weighted by Crippen LogP contribution is -2.17. The number of aromatic nitrogens is 3. The smallest absolute Gasteiger partial charge is 0.244 e. The molecular weight excluding hydrogens is 298 g/mol. The molecule has 5 nitrogen and oxygen atoms in total. The molecule has 1 saturated carbocycles. The van der Waals surface area contributed by atoms with Crippen LogP contribution in [0, 0.1) is 0 Å². The fraction of sp³-hybridized carbons (Fsp3) is 0.438. The highest BCUT2D eigenvalue weighted by Gasteiger charge is 2.15. The molecule has 1 aliphatic rings. The van der Waals surface area contributed by atoms with Crippen LogP contribution in [0.2, 0.25) is 5.02 Å². The third-order valence-corrected chi connectivity index (χ3v) is 4.13. The number of rotatable bonds is 6. The lowest BCUT2D eigenvalue weighted by Gasteiger charge is -2.12. The number of anilines is 2. The number of nitrogens with one attached hydrogen (secondary N) is 2. The van der Waals surface area contributed by atoms with Crippen molar-refractivity contribution in [3.8, 4) is 0 Å². The van der Waals surface area contributed by atoms with Crippen molar-refractivity contribution in [2.45, 2.75) is 38.1 Å². The Bertz CT molecular complexity index is 596. The third-order valence-electron chi connectivity index (χ3n) is 3.88. The zero-order chi connectivity index (χ0) is 15.2. The van der Waals surface area contributed by atoms with Crippen molar-refractivity contribution in [2.75, 3.05) is 17.2 Å². The van der Waals surface area contributed by atoms with Crippen molar-refractivity contribution in [1.82, 2.24) is 15.2 Å². The van der Waals surface area contributed by atoms with Crippen LogP contribution < -0.4 is 10.6 Å². The van der Waals surface area contributed by atoms with Gasteiger partial charge in [0.2, 0.25) is 5.95 Å². The van der Waals surface area contributed by atoms with E-state index in [0.717, 1.165) is 23.8 Å². The van der Waals surface area contributed by atoms with Crippen LogP contribution in [-0.2, 0) is 6.42 Å². The first kappa shape index (κ1) is 15.0. The number of benzene rings is 1. The van der Waals surface area contributed by atoms with Crippen molar-refractivity contribution in [1.29, 1.82) is 0 Å². The Labute approximate surface area is 135 Å². The Kier molecular flexibility index (Phi) is 5.06. The molecule has 0 spiro atoms. The molecule has 1 aromatic heterocycles. The first-order valence-electron chi connectivity index (χ1n) is 7.74. The highest BCUT2D eigenvalue weighted by Crippen LogP contribution is 2.21. The molecule has 0 bridgehead atoms. The lowest BCUT2D eigenvalue weighted by molar-refractivity contribution is 0.746. The van der Waals surface area contributed by atoms with Crippen LogP contribution in [0.1, 0.15) is 31.2 Å². The van der Waals surface area contributed by atoms with Gasteiger partial charge in [-0.25, -0.2) is 0 Å². The van der Waals surface area contributed by atoms with E-state index in [4.69, 9.17) is 11.6 Å². The van der Waals surface area contributed by atoms with E-state index in [0.29, 0.717) is 12.0 Å². The minimum absolute atomic E-state index is 0.526. The average Bonchev–Trinajstić information content (AvgIpc) is 3.03. The van der Waals surface area contributed by atoms with Crippen LogP contribution in [0.25, 0.3) is 0 Å². The Balaban J connectivity index is 1.50. The molecular formula is C16H20ClN5. The van der Waals surface area contributed by atoms with Gasteiger partial charge >= 0.3 is 0 Å². The van der Waals surface area contributed by atoms with Crippen molar-refractivity contribution in [2.24, 2.45) is 0 Å². The van der Waals surface area contributed by atoms with Crippen LogP contribution in [0.3, 0.4) is 0 Å². The predicted octanol–water partition coefficient (Wildman–Crippen LogP) is 3.53. The molecule has 0 atom stereocenters. The van der Waals surface area contributed by atoms with E-state index in [2.05, 4.69) is 25.8 Å². The van der Waals surface area contributed by atoms with Gasteiger partial charge in [0.25, 0.3) is 0 Å². The highest BCUT2D eigenvalue weighted by atomic mass is 35.5. The molecule has 0 aliphatic heterocycles. The Morgan fingerprint density at radius 3 is 2.68 bits per heavy atom. The summed E-state index contributed by atoms with van der Waals surface area (Å²) < 4.78 is 0. The predicted molar refractivity (Wildman–Crippen MR) is 89.4 cm³/mol. The monoisotopic (exact) mass is 317 g/mol. The first-order valence-corrected chi connectivity index (χ1v) is 8.12. The molecule has 0 amide bonds. The summed E-state index contributed by atoms with van der Waals surface area (Å²) in [5.74, 6) is 1.37. The summed E-state index contributed by atoms with van der Waals surface area (Å²) >= 11 is 5.88. The van der Waals surface area contributed by atoms with Gasteiger partial charge in [0.15, 0.2) is 5.82 Å². The summed E-state index contributed by atoms with van der Waals surface area (Å²) in [5.41, 5.74) is 1.23. The largest absolute Gasteiger partial charge is 0.366 e.